The van der Waals surface area contributed by atoms with Gasteiger partial charge in [0.25, 0.3) is 0 Å². The zero-order valence-corrected chi connectivity index (χ0v) is 9.80. The second kappa shape index (κ2) is 5.39. The van der Waals surface area contributed by atoms with E-state index in [9.17, 15) is 4.39 Å². The fraction of sp³-hybridized carbons (Fsp3) is 0.333. The summed E-state index contributed by atoms with van der Waals surface area (Å²) in [6.07, 6.45) is 2.02. The summed E-state index contributed by atoms with van der Waals surface area (Å²) in [5.74, 6) is -0.262. The van der Waals surface area contributed by atoms with E-state index in [1.54, 1.807) is 6.07 Å². The maximum absolute atomic E-state index is 13.2. The first kappa shape index (κ1) is 12.4. The molecule has 0 spiro atoms. The van der Waals surface area contributed by atoms with Gasteiger partial charge in [0.2, 0.25) is 0 Å². The fourth-order valence-corrected chi connectivity index (χ4v) is 1.24. The van der Waals surface area contributed by atoms with Gasteiger partial charge in [0.15, 0.2) is 11.6 Å². The van der Waals surface area contributed by atoms with E-state index in [4.69, 9.17) is 10.5 Å². The standard InChI is InChI=1S/C12H17FN2O/c1-8(2)4-5-15-11-7-12(16-3)9(13)6-10(11)14/h4,6-7,15H,5,14H2,1-3H3. The number of nitrogens with two attached hydrogens (primary N) is 1. The molecule has 3 N–H and O–H groups in total. The van der Waals surface area contributed by atoms with E-state index >= 15 is 0 Å². The highest BCUT2D eigenvalue weighted by molar-refractivity contribution is 5.68. The third-order valence-corrected chi connectivity index (χ3v) is 2.13. The van der Waals surface area contributed by atoms with Crippen molar-refractivity contribution in [2.45, 2.75) is 13.8 Å². The molecule has 16 heavy (non-hydrogen) atoms. The Kier molecular flexibility index (Phi) is 4.17. The van der Waals surface area contributed by atoms with Crippen molar-refractivity contribution < 1.29 is 9.13 Å². The van der Waals surface area contributed by atoms with E-state index in [0.717, 1.165) is 0 Å². The summed E-state index contributed by atoms with van der Waals surface area (Å²) in [7, 11) is 1.43. The Labute approximate surface area is 95.1 Å². The lowest BCUT2D eigenvalue weighted by Gasteiger charge is -2.10. The first-order valence-electron chi connectivity index (χ1n) is 5.05. The molecule has 0 atom stereocenters. The molecule has 0 saturated carbocycles. The average molecular weight is 224 g/mol. The Balaban J connectivity index is 2.83. The van der Waals surface area contributed by atoms with Crippen LogP contribution in [0.2, 0.25) is 0 Å². The Hall–Kier alpha value is -1.71. The maximum Gasteiger partial charge on any atom is 0.167 e. The molecular weight excluding hydrogens is 207 g/mol. The lowest BCUT2D eigenvalue weighted by atomic mass is 10.2. The van der Waals surface area contributed by atoms with Crippen molar-refractivity contribution in [1.82, 2.24) is 0 Å². The average Bonchev–Trinajstić information content (AvgIpc) is 2.20. The van der Waals surface area contributed by atoms with Gasteiger partial charge in [-0.25, -0.2) is 4.39 Å². The van der Waals surface area contributed by atoms with Gasteiger partial charge in [0.1, 0.15) is 0 Å². The molecule has 3 nitrogen and oxygen atoms in total. The lowest BCUT2D eigenvalue weighted by Crippen LogP contribution is -2.03. The van der Waals surface area contributed by atoms with Crippen molar-refractivity contribution in [3.8, 4) is 5.75 Å². The second-order valence-corrected chi connectivity index (χ2v) is 3.74. The molecular formula is C12H17FN2O. The Bertz CT molecular complexity index is 398. The molecule has 0 amide bonds. The number of hydrogen-bond acceptors (Lipinski definition) is 3. The number of hydrogen-bond donors (Lipinski definition) is 2. The second-order valence-electron chi connectivity index (χ2n) is 3.74. The fourth-order valence-electron chi connectivity index (χ4n) is 1.24. The third kappa shape index (κ3) is 3.15. The summed E-state index contributed by atoms with van der Waals surface area (Å²) in [4.78, 5) is 0. The lowest BCUT2D eigenvalue weighted by molar-refractivity contribution is 0.387. The van der Waals surface area contributed by atoms with Crippen molar-refractivity contribution in [2.24, 2.45) is 0 Å². The number of nitrogen functional groups attached to an aromatic ring is 1. The van der Waals surface area contributed by atoms with Gasteiger partial charge in [0.05, 0.1) is 18.5 Å². The molecule has 0 aliphatic rings. The normalized spacial score (nSPS) is 9.75. The van der Waals surface area contributed by atoms with Gasteiger partial charge in [-0.3, -0.25) is 0 Å². The number of allylic oxidation sites excluding steroid dienone is 1. The van der Waals surface area contributed by atoms with Crippen LogP contribution in [0.4, 0.5) is 15.8 Å². The van der Waals surface area contributed by atoms with Gasteiger partial charge in [-0.05, 0) is 13.8 Å². The SMILES string of the molecule is COc1cc(NCC=C(C)C)c(N)cc1F. The molecule has 0 aliphatic heterocycles. The van der Waals surface area contributed by atoms with Crippen LogP contribution in [-0.2, 0) is 0 Å². The van der Waals surface area contributed by atoms with Crippen LogP contribution < -0.4 is 15.8 Å². The molecule has 0 bridgehead atoms. The largest absolute Gasteiger partial charge is 0.494 e. The first-order chi connectivity index (χ1) is 7.54. The molecule has 88 valence electrons. The third-order valence-electron chi connectivity index (χ3n) is 2.13. The van der Waals surface area contributed by atoms with E-state index in [2.05, 4.69) is 5.32 Å². The van der Waals surface area contributed by atoms with Gasteiger partial charge in [-0.2, -0.15) is 0 Å². The van der Waals surface area contributed by atoms with E-state index in [-0.39, 0.29) is 5.75 Å². The Morgan fingerprint density at radius 2 is 2.19 bits per heavy atom. The molecule has 0 aromatic heterocycles. The molecule has 1 aromatic rings. The number of ether oxygens (including phenoxy) is 1. The summed E-state index contributed by atoms with van der Waals surface area (Å²) < 4.78 is 18.1. The van der Waals surface area contributed by atoms with E-state index in [1.807, 2.05) is 19.9 Å². The smallest absolute Gasteiger partial charge is 0.167 e. The molecule has 0 heterocycles. The van der Waals surface area contributed by atoms with Gasteiger partial charge in [-0.15, -0.1) is 0 Å². The number of nitrogens with one attached hydrogen (secondary N) is 1. The molecule has 1 rings (SSSR count). The monoisotopic (exact) mass is 224 g/mol. The molecule has 0 saturated heterocycles. The summed E-state index contributed by atoms with van der Waals surface area (Å²) >= 11 is 0. The van der Waals surface area contributed by atoms with Crippen molar-refractivity contribution >= 4 is 11.4 Å². The van der Waals surface area contributed by atoms with Crippen molar-refractivity contribution in [2.75, 3.05) is 24.7 Å². The zero-order valence-electron chi connectivity index (χ0n) is 9.80. The number of anilines is 2. The highest BCUT2D eigenvalue weighted by atomic mass is 19.1. The summed E-state index contributed by atoms with van der Waals surface area (Å²) in [5.41, 5.74) is 7.94. The van der Waals surface area contributed by atoms with Gasteiger partial charge in [-0.1, -0.05) is 11.6 Å². The molecule has 1 aromatic carbocycles. The molecule has 0 radical (unpaired) electrons. The quantitative estimate of drug-likeness (QED) is 0.610. The summed E-state index contributed by atoms with van der Waals surface area (Å²) in [6, 6.07) is 2.81. The van der Waals surface area contributed by atoms with Crippen LogP contribution in [0.5, 0.6) is 5.75 Å². The minimum Gasteiger partial charge on any atom is -0.494 e. The molecule has 4 heteroatoms. The predicted molar refractivity (Wildman–Crippen MR) is 65.3 cm³/mol. The van der Waals surface area contributed by atoms with Gasteiger partial charge >= 0.3 is 0 Å². The predicted octanol–water partition coefficient (Wildman–Crippen LogP) is 2.79. The van der Waals surface area contributed by atoms with Crippen LogP contribution in [0.3, 0.4) is 0 Å². The van der Waals surface area contributed by atoms with Crippen LogP contribution >= 0.6 is 0 Å². The minimum absolute atomic E-state index is 0.189. The van der Waals surface area contributed by atoms with Crippen LogP contribution in [0, 0.1) is 5.82 Å². The number of rotatable bonds is 4. The van der Waals surface area contributed by atoms with E-state index in [0.29, 0.717) is 17.9 Å². The van der Waals surface area contributed by atoms with Crippen LogP contribution in [0.1, 0.15) is 13.8 Å². The molecule has 0 aliphatic carbocycles. The first-order valence-corrected chi connectivity index (χ1v) is 5.05. The number of halogens is 1. The van der Waals surface area contributed by atoms with Gasteiger partial charge in [0, 0.05) is 18.7 Å². The topological polar surface area (TPSA) is 47.3 Å². The number of benzene rings is 1. The zero-order chi connectivity index (χ0) is 12.1. The van der Waals surface area contributed by atoms with Crippen molar-refractivity contribution in [3.05, 3.63) is 29.6 Å². The van der Waals surface area contributed by atoms with Crippen molar-refractivity contribution in [1.29, 1.82) is 0 Å². The van der Waals surface area contributed by atoms with Crippen LogP contribution in [-0.4, -0.2) is 13.7 Å². The van der Waals surface area contributed by atoms with E-state index < -0.39 is 5.82 Å². The maximum atomic E-state index is 13.2. The van der Waals surface area contributed by atoms with Gasteiger partial charge < -0.3 is 15.8 Å². The summed E-state index contributed by atoms with van der Waals surface area (Å²) in [6.45, 7) is 4.67. The summed E-state index contributed by atoms with van der Waals surface area (Å²) in [5, 5.41) is 3.10. The molecule has 0 fully saturated rings. The van der Waals surface area contributed by atoms with Crippen molar-refractivity contribution in [3.63, 3.8) is 0 Å². The van der Waals surface area contributed by atoms with Crippen LogP contribution in [0.15, 0.2) is 23.8 Å². The minimum atomic E-state index is -0.451. The number of methoxy groups -OCH3 is 1. The van der Waals surface area contributed by atoms with E-state index in [1.165, 1.54) is 18.7 Å². The Morgan fingerprint density at radius 1 is 1.50 bits per heavy atom. The molecule has 0 unspecified atom stereocenters. The van der Waals surface area contributed by atoms with Crippen LogP contribution in [0.25, 0.3) is 0 Å². The highest BCUT2D eigenvalue weighted by Gasteiger charge is 2.07. The Morgan fingerprint density at radius 3 is 2.75 bits per heavy atom. The highest BCUT2D eigenvalue weighted by Crippen LogP contribution is 2.27.